The molecule has 6 heteroatoms. The first-order valence-electron chi connectivity index (χ1n) is 2.03. The van der Waals surface area contributed by atoms with Crippen molar-refractivity contribution < 1.29 is 9.68 Å². The van der Waals surface area contributed by atoms with Crippen LogP contribution in [0.4, 0.5) is 0 Å². The molecule has 0 atom stereocenters. The summed E-state index contributed by atoms with van der Waals surface area (Å²) in [5.74, 6) is 0.299. The van der Waals surface area contributed by atoms with E-state index in [0.29, 0.717) is 5.88 Å². The van der Waals surface area contributed by atoms with Gasteiger partial charge in [-0.3, -0.25) is 5.10 Å². The van der Waals surface area contributed by atoms with Crippen LogP contribution in [0.2, 0.25) is 0 Å². The molecule has 0 bridgehead atoms. The van der Waals surface area contributed by atoms with Gasteiger partial charge in [-0.15, -0.1) is 0 Å². The third-order valence-corrected chi connectivity index (χ3v) is 0.607. The van der Waals surface area contributed by atoms with Gasteiger partial charge in [-0.2, -0.15) is 0 Å². The van der Waals surface area contributed by atoms with Gasteiger partial charge < -0.3 is 9.68 Å². The van der Waals surface area contributed by atoms with Crippen LogP contribution in [-0.4, -0.2) is 28.1 Å². The monoisotopic (exact) mass is 113 g/mol. The van der Waals surface area contributed by atoms with E-state index in [1.165, 1.54) is 6.20 Å². The number of rotatable bonds is 2. The standard InChI is InChI=1S/C2H4BN3O2/c7-3-8-2-1-4-6-5-2/h1,3,7H,(H,4,5,6). The number of nitrogens with zero attached hydrogens (tertiary/aromatic N) is 2. The summed E-state index contributed by atoms with van der Waals surface area (Å²) in [5.41, 5.74) is 0. The fourth-order valence-electron chi connectivity index (χ4n) is 0.328. The topological polar surface area (TPSA) is 71.0 Å². The van der Waals surface area contributed by atoms with E-state index in [1.54, 1.807) is 0 Å². The number of aromatic nitrogens is 3. The summed E-state index contributed by atoms with van der Waals surface area (Å²) in [6.45, 7) is 0. The minimum Gasteiger partial charge on any atom is -0.523 e. The Balaban J connectivity index is 2.50. The maximum absolute atomic E-state index is 8.13. The molecule has 42 valence electrons. The van der Waals surface area contributed by atoms with Crippen LogP contribution < -0.4 is 4.65 Å². The van der Waals surface area contributed by atoms with E-state index < -0.39 is 0 Å². The molecule has 1 aromatic rings. The van der Waals surface area contributed by atoms with E-state index >= 15 is 0 Å². The van der Waals surface area contributed by atoms with Crippen LogP contribution in [0.1, 0.15) is 0 Å². The van der Waals surface area contributed by atoms with Crippen molar-refractivity contribution in [2.75, 3.05) is 0 Å². The quantitative estimate of drug-likeness (QED) is 0.455. The van der Waals surface area contributed by atoms with E-state index in [4.69, 9.17) is 5.02 Å². The first kappa shape index (κ1) is 5.11. The summed E-state index contributed by atoms with van der Waals surface area (Å²) in [6, 6.07) is 0. The lowest BCUT2D eigenvalue weighted by Gasteiger charge is -1.88. The molecule has 0 aromatic carbocycles. The molecule has 0 aliphatic heterocycles. The van der Waals surface area contributed by atoms with Crippen LogP contribution >= 0.6 is 0 Å². The average molecular weight is 113 g/mol. The van der Waals surface area contributed by atoms with Gasteiger partial charge in [0.25, 0.3) is 0 Å². The lowest BCUT2D eigenvalue weighted by molar-refractivity contribution is 0.442. The Hall–Kier alpha value is -1.04. The van der Waals surface area contributed by atoms with Crippen LogP contribution in [0, 0.1) is 0 Å². The maximum atomic E-state index is 8.13. The Morgan fingerprint density at radius 3 is 3.25 bits per heavy atom. The normalized spacial score (nSPS) is 8.62. The highest BCUT2D eigenvalue weighted by Gasteiger charge is 1.91. The number of aromatic amines is 1. The van der Waals surface area contributed by atoms with Gasteiger partial charge in [0.2, 0.25) is 5.88 Å². The SMILES string of the molecule is OBOc1c[nH]nn1. The lowest BCUT2D eigenvalue weighted by atomic mass is 10.4. The highest BCUT2D eigenvalue weighted by Crippen LogP contribution is 1.95. The van der Waals surface area contributed by atoms with Crippen molar-refractivity contribution in [2.45, 2.75) is 0 Å². The fraction of sp³-hybridized carbons (Fsp3) is 0. The second kappa shape index (κ2) is 2.32. The molecule has 1 rings (SSSR count). The number of H-pyrrole nitrogens is 1. The van der Waals surface area contributed by atoms with Gasteiger partial charge in [0.15, 0.2) is 0 Å². The molecule has 0 spiro atoms. The molecule has 0 saturated carbocycles. The van der Waals surface area contributed by atoms with E-state index in [-0.39, 0.29) is 7.69 Å². The van der Waals surface area contributed by atoms with Crippen LogP contribution in [0.25, 0.3) is 0 Å². The third-order valence-electron chi connectivity index (χ3n) is 0.607. The summed E-state index contributed by atoms with van der Waals surface area (Å²) < 4.78 is 4.50. The van der Waals surface area contributed by atoms with Crippen molar-refractivity contribution in [1.82, 2.24) is 15.4 Å². The van der Waals surface area contributed by atoms with Crippen LogP contribution in [0.3, 0.4) is 0 Å². The first-order chi connectivity index (χ1) is 3.93. The highest BCUT2D eigenvalue weighted by atomic mass is 16.5. The van der Waals surface area contributed by atoms with E-state index in [0.717, 1.165) is 0 Å². The largest absolute Gasteiger partial charge is 0.523 e. The van der Waals surface area contributed by atoms with Gasteiger partial charge in [-0.05, 0) is 0 Å². The molecule has 1 aromatic heterocycles. The Morgan fingerprint density at radius 2 is 2.75 bits per heavy atom. The summed E-state index contributed by atoms with van der Waals surface area (Å²) >= 11 is 0. The van der Waals surface area contributed by atoms with E-state index in [2.05, 4.69) is 20.1 Å². The Morgan fingerprint density at radius 1 is 1.88 bits per heavy atom. The number of nitrogens with one attached hydrogen (secondary N) is 1. The zero-order valence-electron chi connectivity index (χ0n) is 4.03. The second-order valence-electron chi connectivity index (χ2n) is 1.09. The van der Waals surface area contributed by atoms with Crippen molar-refractivity contribution in [3.8, 4) is 5.88 Å². The molecule has 0 amide bonds. The molecule has 0 fully saturated rings. The lowest BCUT2D eigenvalue weighted by Crippen LogP contribution is -1.99. The molecule has 8 heavy (non-hydrogen) atoms. The van der Waals surface area contributed by atoms with E-state index in [9.17, 15) is 0 Å². The first-order valence-corrected chi connectivity index (χ1v) is 2.03. The van der Waals surface area contributed by atoms with Crippen LogP contribution in [0.5, 0.6) is 5.88 Å². The molecule has 0 unspecified atom stereocenters. The molecule has 5 nitrogen and oxygen atoms in total. The molecule has 0 aliphatic carbocycles. The minimum atomic E-state index is -0.369. The predicted molar refractivity (Wildman–Crippen MR) is 26.4 cm³/mol. The second-order valence-corrected chi connectivity index (χ2v) is 1.09. The molecule has 1 heterocycles. The van der Waals surface area contributed by atoms with Crippen LogP contribution in [0.15, 0.2) is 6.20 Å². The molecule has 0 aliphatic rings. The van der Waals surface area contributed by atoms with Gasteiger partial charge >= 0.3 is 7.69 Å². The highest BCUT2D eigenvalue weighted by molar-refractivity contribution is 6.17. The molecule has 0 radical (unpaired) electrons. The predicted octanol–water partition coefficient (Wildman–Crippen LogP) is -1.56. The van der Waals surface area contributed by atoms with Crippen LogP contribution in [-0.2, 0) is 0 Å². The van der Waals surface area contributed by atoms with Gasteiger partial charge in [0.05, 0.1) is 6.20 Å². The van der Waals surface area contributed by atoms with Crippen molar-refractivity contribution in [3.05, 3.63) is 6.20 Å². The summed E-state index contributed by atoms with van der Waals surface area (Å²) in [6.07, 6.45) is 1.44. The van der Waals surface area contributed by atoms with Gasteiger partial charge in [0.1, 0.15) is 0 Å². The van der Waals surface area contributed by atoms with Crippen molar-refractivity contribution in [2.24, 2.45) is 0 Å². The summed E-state index contributed by atoms with van der Waals surface area (Å²) in [7, 11) is -0.369. The smallest absolute Gasteiger partial charge is 0.505 e. The molecule has 2 N–H and O–H groups in total. The Labute approximate surface area is 46.0 Å². The number of hydrogen-bond acceptors (Lipinski definition) is 4. The molecule has 0 saturated heterocycles. The van der Waals surface area contributed by atoms with E-state index in [1.807, 2.05) is 0 Å². The number of hydrogen-bond donors (Lipinski definition) is 2. The van der Waals surface area contributed by atoms with Gasteiger partial charge in [-0.1, -0.05) is 10.3 Å². The van der Waals surface area contributed by atoms with Gasteiger partial charge in [-0.25, -0.2) is 0 Å². The molecular formula is C2H4BN3O2. The zero-order valence-corrected chi connectivity index (χ0v) is 4.03. The van der Waals surface area contributed by atoms with Crippen molar-refractivity contribution in [1.29, 1.82) is 0 Å². The summed E-state index contributed by atoms with van der Waals surface area (Å²) in [4.78, 5) is 0. The Kier molecular flexibility index (Phi) is 1.48. The van der Waals surface area contributed by atoms with Crippen molar-refractivity contribution >= 4 is 7.69 Å². The Bertz CT molecular complexity index is 141. The average Bonchev–Trinajstić information content (AvgIpc) is 2.19. The minimum absolute atomic E-state index is 0.299. The fourth-order valence-corrected chi connectivity index (χ4v) is 0.328. The summed E-state index contributed by atoms with van der Waals surface area (Å²) in [5, 5.41) is 17.3. The maximum Gasteiger partial charge on any atom is 0.505 e. The third kappa shape index (κ3) is 0.971. The molecular weight excluding hydrogens is 109 g/mol. The zero-order chi connectivity index (χ0) is 5.82. The van der Waals surface area contributed by atoms with Gasteiger partial charge in [0, 0.05) is 0 Å². The van der Waals surface area contributed by atoms with Crippen molar-refractivity contribution in [3.63, 3.8) is 0 Å².